The molecule has 0 aliphatic carbocycles. The highest BCUT2D eigenvalue weighted by atomic mass is 32.2. The first-order chi connectivity index (χ1) is 5.61. The molecule has 0 aromatic rings. The van der Waals surface area contributed by atoms with Gasteiger partial charge in [0.1, 0.15) is 0 Å². The van der Waals surface area contributed by atoms with E-state index in [0.29, 0.717) is 5.92 Å². The highest BCUT2D eigenvalue weighted by Crippen LogP contribution is 2.13. The van der Waals surface area contributed by atoms with Crippen molar-refractivity contribution in [3.8, 4) is 0 Å². The van der Waals surface area contributed by atoms with Crippen LogP contribution < -0.4 is 4.72 Å². The molecule has 0 amide bonds. The molecule has 4 heteroatoms. The van der Waals surface area contributed by atoms with Gasteiger partial charge < -0.3 is 4.55 Å². The molecule has 0 aromatic heterocycles. The molecule has 0 spiro atoms. The zero-order valence-corrected chi connectivity index (χ0v) is 8.82. The van der Waals surface area contributed by atoms with E-state index in [-0.39, 0.29) is 6.04 Å². The Hall–Kier alpha value is 0.0700. The fraction of sp³-hybridized carbons (Fsp3) is 1.00. The van der Waals surface area contributed by atoms with Gasteiger partial charge in [0.05, 0.1) is 0 Å². The zero-order chi connectivity index (χ0) is 9.56. The first-order valence-electron chi connectivity index (χ1n) is 4.47. The molecule has 1 N–H and O–H groups in total. The van der Waals surface area contributed by atoms with Crippen LogP contribution in [0, 0.1) is 5.92 Å². The van der Waals surface area contributed by atoms with Gasteiger partial charge in [-0.15, -0.1) is 0 Å². The third-order valence-electron chi connectivity index (χ3n) is 2.12. The molecular formula is C8H18NO2S-. The summed E-state index contributed by atoms with van der Waals surface area (Å²) in [7, 11) is 0. The minimum atomic E-state index is -2.12. The van der Waals surface area contributed by atoms with Crippen LogP contribution in [0.3, 0.4) is 0 Å². The lowest BCUT2D eigenvalue weighted by molar-refractivity contribution is 0.378. The van der Waals surface area contributed by atoms with Gasteiger partial charge in [0.2, 0.25) is 0 Å². The van der Waals surface area contributed by atoms with Gasteiger partial charge in [-0.25, -0.2) is 4.72 Å². The van der Waals surface area contributed by atoms with Crippen LogP contribution in [0.25, 0.3) is 0 Å². The molecule has 0 fully saturated rings. The Labute approximate surface area is 77.4 Å². The van der Waals surface area contributed by atoms with Crippen LogP contribution in [-0.2, 0) is 11.3 Å². The summed E-state index contributed by atoms with van der Waals surface area (Å²) in [4.78, 5) is 0. The van der Waals surface area contributed by atoms with Crippen LogP contribution in [0.5, 0.6) is 0 Å². The van der Waals surface area contributed by atoms with Gasteiger partial charge >= 0.3 is 0 Å². The van der Waals surface area contributed by atoms with E-state index in [0.717, 1.165) is 19.3 Å². The van der Waals surface area contributed by atoms with Crippen molar-refractivity contribution in [2.45, 2.75) is 46.1 Å². The standard InChI is InChI=1S/C8H19NO2S/c1-4-6-7(3)8(5-2)9-12(10)11/h7-9H,4-6H2,1-3H3,(H,10,11)/p-1. The third kappa shape index (κ3) is 4.85. The number of hydrogen-bond acceptors (Lipinski definition) is 2. The number of hydrogen-bond donors (Lipinski definition) is 1. The lowest BCUT2D eigenvalue weighted by atomic mass is 9.96. The third-order valence-corrected chi connectivity index (χ3v) is 2.61. The van der Waals surface area contributed by atoms with Gasteiger partial charge in [-0.1, -0.05) is 27.2 Å². The van der Waals surface area contributed by atoms with E-state index >= 15 is 0 Å². The summed E-state index contributed by atoms with van der Waals surface area (Å²) >= 11 is -2.12. The summed E-state index contributed by atoms with van der Waals surface area (Å²) in [5.41, 5.74) is 0. The normalized spacial score (nSPS) is 18.7. The van der Waals surface area contributed by atoms with Crippen molar-refractivity contribution in [2.24, 2.45) is 5.92 Å². The number of nitrogens with one attached hydrogen (secondary N) is 1. The van der Waals surface area contributed by atoms with E-state index < -0.39 is 11.3 Å². The average molecular weight is 192 g/mol. The minimum absolute atomic E-state index is 0.100. The van der Waals surface area contributed by atoms with Crippen LogP contribution in [0.4, 0.5) is 0 Å². The second kappa shape index (κ2) is 6.57. The van der Waals surface area contributed by atoms with Gasteiger partial charge in [0.25, 0.3) is 0 Å². The molecule has 0 aliphatic rings. The van der Waals surface area contributed by atoms with Gasteiger partial charge in [0.15, 0.2) is 0 Å². The molecule has 74 valence electrons. The fourth-order valence-corrected chi connectivity index (χ4v) is 2.03. The Kier molecular flexibility index (Phi) is 6.61. The molecule has 3 atom stereocenters. The molecule has 0 heterocycles. The molecular weight excluding hydrogens is 174 g/mol. The molecule has 0 rings (SSSR count). The largest absolute Gasteiger partial charge is 0.760 e. The summed E-state index contributed by atoms with van der Waals surface area (Å²) in [5.74, 6) is 0.429. The SMILES string of the molecule is CCCC(C)C(CC)NS(=O)[O-]. The predicted octanol–water partition coefficient (Wildman–Crippen LogP) is 1.58. The van der Waals surface area contributed by atoms with Crippen molar-refractivity contribution in [3.05, 3.63) is 0 Å². The van der Waals surface area contributed by atoms with Crippen LogP contribution in [0.1, 0.15) is 40.0 Å². The Morgan fingerprint density at radius 1 is 1.50 bits per heavy atom. The van der Waals surface area contributed by atoms with Crippen LogP contribution in [0.2, 0.25) is 0 Å². The number of rotatable bonds is 6. The summed E-state index contributed by atoms with van der Waals surface area (Å²) in [5, 5.41) is 0. The Balaban J connectivity index is 3.86. The smallest absolute Gasteiger partial charge is 0.0207 e. The highest BCUT2D eigenvalue weighted by Gasteiger charge is 2.13. The highest BCUT2D eigenvalue weighted by molar-refractivity contribution is 7.77. The minimum Gasteiger partial charge on any atom is -0.760 e. The van der Waals surface area contributed by atoms with Crippen molar-refractivity contribution in [1.29, 1.82) is 0 Å². The first kappa shape index (κ1) is 12.1. The first-order valence-corrected chi connectivity index (χ1v) is 5.54. The summed E-state index contributed by atoms with van der Waals surface area (Å²) in [6.45, 7) is 6.19. The van der Waals surface area contributed by atoms with Crippen LogP contribution in [0.15, 0.2) is 0 Å². The van der Waals surface area contributed by atoms with E-state index in [1.54, 1.807) is 0 Å². The summed E-state index contributed by atoms with van der Waals surface area (Å²) < 4.78 is 23.3. The fourth-order valence-electron chi connectivity index (χ4n) is 1.38. The lowest BCUT2D eigenvalue weighted by Crippen LogP contribution is -2.35. The van der Waals surface area contributed by atoms with E-state index in [2.05, 4.69) is 18.6 Å². The van der Waals surface area contributed by atoms with Crippen molar-refractivity contribution < 1.29 is 8.76 Å². The maximum atomic E-state index is 10.4. The van der Waals surface area contributed by atoms with Gasteiger partial charge in [0, 0.05) is 17.3 Å². The second-order valence-electron chi connectivity index (χ2n) is 3.13. The lowest BCUT2D eigenvalue weighted by Gasteiger charge is -2.24. The molecule has 0 aliphatic heterocycles. The molecule has 0 aromatic carbocycles. The van der Waals surface area contributed by atoms with Crippen molar-refractivity contribution in [1.82, 2.24) is 4.72 Å². The van der Waals surface area contributed by atoms with E-state index in [4.69, 9.17) is 0 Å². The van der Waals surface area contributed by atoms with Crippen molar-refractivity contribution in [3.63, 3.8) is 0 Å². The van der Waals surface area contributed by atoms with E-state index in [1.807, 2.05) is 6.92 Å². The predicted molar refractivity (Wildman–Crippen MR) is 50.2 cm³/mol. The van der Waals surface area contributed by atoms with Crippen molar-refractivity contribution >= 4 is 11.3 Å². The Morgan fingerprint density at radius 3 is 2.42 bits per heavy atom. The molecule has 3 unspecified atom stereocenters. The molecule has 0 bridgehead atoms. The topological polar surface area (TPSA) is 52.2 Å². The Bertz CT molecular complexity index is 141. The summed E-state index contributed by atoms with van der Waals surface area (Å²) in [6.07, 6.45) is 3.03. The quantitative estimate of drug-likeness (QED) is 0.650. The molecule has 0 saturated heterocycles. The van der Waals surface area contributed by atoms with Crippen LogP contribution in [-0.4, -0.2) is 14.8 Å². The monoisotopic (exact) mass is 192 g/mol. The maximum Gasteiger partial charge on any atom is 0.0207 e. The van der Waals surface area contributed by atoms with Gasteiger partial charge in [-0.3, -0.25) is 4.21 Å². The summed E-state index contributed by atoms with van der Waals surface area (Å²) in [6, 6.07) is 0.100. The zero-order valence-electron chi connectivity index (χ0n) is 8.00. The molecule has 0 saturated carbocycles. The molecule has 12 heavy (non-hydrogen) atoms. The average Bonchev–Trinajstić information content (AvgIpc) is 2.00. The van der Waals surface area contributed by atoms with Crippen molar-refractivity contribution in [2.75, 3.05) is 0 Å². The van der Waals surface area contributed by atoms with Gasteiger partial charge in [-0.05, 0) is 18.8 Å². The van der Waals surface area contributed by atoms with E-state index in [9.17, 15) is 8.76 Å². The second-order valence-corrected chi connectivity index (χ2v) is 3.84. The Morgan fingerprint density at radius 2 is 2.08 bits per heavy atom. The maximum absolute atomic E-state index is 10.4. The van der Waals surface area contributed by atoms with E-state index in [1.165, 1.54) is 0 Å². The van der Waals surface area contributed by atoms with Gasteiger partial charge in [-0.2, -0.15) is 0 Å². The van der Waals surface area contributed by atoms with Crippen LogP contribution >= 0.6 is 0 Å². The molecule has 3 nitrogen and oxygen atoms in total. The molecule has 0 radical (unpaired) electrons.